The largest absolute Gasteiger partial charge is 0.495 e. The van der Waals surface area contributed by atoms with Crippen LogP contribution in [0, 0.1) is 6.92 Å². The Morgan fingerprint density at radius 3 is 2.46 bits per heavy atom. The molecule has 4 nitrogen and oxygen atoms in total. The van der Waals surface area contributed by atoms with E-state index in [9.17, 15) is 4.79 Å². The lowest BCUT2D eigenvalue weighted by Crippen LogP contribution is -2.10. The molecule has 24 heavy (non-hydrogen) atoms. The number of methoxy groups -OCH3 is 1. The van der Waals surface area contributed by atoms with Crippen LogP contribution in [0.15, 0.2) is 67.0 Å². The molecular formula is C20H17NO3. The van der Waals surface area contributed by atoms with Gasteiger partial charge in [0.2, 0.25) is 0 Å². The standard InChI is InChI=1S/C20H17NO3/c1-14-8-10-16(11-9-14)24-20(22)18-7-3-6-17(19(18)23-2)15-5-4-12-21-13-15/h3-13H,1-2H3. The van der Waals surface area contributed by atoms with Crippen molar-refractivity contribution in [3.8, 4) is 22.6 Å². The van der Waals surface area contributed by atoms with Gasteiger partial charge < -0.3 is 9.47 Å². The minimum absolute atomic E-state index is 0.374. The summed E-state index contributed by atoms with van der Waals surface area (Å²) in [5.74, 6) is 0.517. The maximum absolute atomic E-state index is 12.5. The summed E-state index contributed by atoms with van der Waals surface area (Å²) in [7, 11) is 1.54. The van der Waals surface area contributed by atoms with Crippen molar-refractivity contribution in [1.29, 1.82) is 0 Å². The molecule has 120 valence electrons. The van der Waals surface area contributed by atoms with E-state index >= 15 is 0 Å². The van der Waals surface area contributed by atoms with Gasteiger partial charge in [0.1, 0.15) is 17.1 Å². The first kappa shape index (κ1) is 15.7. The molecule has 1 aromatic heterocycles. The van der Waals surface area contributed by atoms with E-state index in [0.717, 1.165) is 16.7 Å². The minimum Gasteiger partial charge on any atom is -0.495 e. The van der Waals surface area contributed by atoms with Crippen LogP contribution in [0.3, 0.4) is 0 Å². The molecule has 4 heteroatoms. The summed E-state index contributed by atoms with van der Waals surface area (Å²) >= 11 is 0. The highest BCUT2D eigenvalue weighted by atomic mass is 16.5. The Bertz CT molecular complexity index is 843. The minimum atomic E-state index is -0.457. The summed E-state index contributed by atoms with van der Waals surface area (Å²) in [4.78, 5) is 16.7. The monoisotopic (exact) mass is 319 g/mol. The van der Waals surface area contributed by atoms with Crippen molar-refractivity contribution in [2.24, 2.45) is 0 Å². The lowest BCUT2D eigenvalue weighted by molar-refractivity contribution is 0.0731. The van der Waals surface area contributed by atoms with Crippen LogP contribution < -0.4 is 9.47 Å². The first-order chi connectivity index (χ1) is 11.7. The van der Waals surface area contributed by atoms with Crippen LogP contribution in [0.4, 0.5) is 0 Å². The second-order valence-electron chi connectivity index (χ2n) is 5.33. The molecule has 1 heterocycles. The zero-order valence-corrected chi connectivity index (χ0v) is 13.5. The van der Waals surface area contributed by atoms with E-state index in [0.29, 0.717) is 17.1 Å². The number of hydrogen-bond acceptors (Lipinski definition) is 4. The number of hydrogen-bond donors (Lipinski definition) is 0. The molecule has 0 radical (unpaired) electrons. The van der Waals surface area contributed by atoms with Gasteiger partial charge in [0.25, 0.3) is 0 Å². The predicted molar refractivity (Wildman–Crippen MR) is 92.4 cm³/mol. The molecule has 0 saturated heterocycles. The number of para-hydroxylation sites is 1. The molecule has 0 unspecified atom stereocenters. The number of esters is 1. The first-order valence-corrected chi connectivity index (χ1v) is 7.55. The Morgan fingerprint density at radius 1 is 1.00 bits per heavy atom. The third kappa shape index (κ3) is 3.27. The van der Waals surface area contributed by atoms with E-state index < -0.39 is 5.97 Å². The Labute approximate surface area is 140 Å². The highest BCUT2D eigenvalue weighted by Crippen LogP contribution is 2.33. The van der Waals surface area contributed by atoms with Crippen molar-refractivity contribution in [2.45, 2.75) is 6.92 Å². The average molecular weight is 319 g/mol. The van der Waals surface area contributed by atoms with Crippen molar-refractivity contribution in [3.05, 3.63) is 78.1 Å². The van der Waals surface area contributed by atoms with Crippen molar-refractivity contribution in [1.82, 2.24) is 4.98 Å². The summed E-state index contributed by atoms with van der Waals surface area (Å²) in [5.41, 5.74) is 3.15. The van der Waals surface area contributed by atoms with E-state index in [1.54, 1.807) is 36.7 Å². The van der Waals surface area contributed by atoms with Crippen LogP contribution in [-0.4, -0.2) is 18.1 Å². The molecule has 0 aliphatic heterocycles. The highest BCUT2D eigenvalue weighted by Gasteiger charge is 2.18. The number of rotatable bonds is 4. The number of carbonyl (C=O) groups excluding carboxylic acids is 1. The second kappa shape index (κ2) is 6.96. The highest BCUT2D eigenvalue weighted by molar-refractivity contribution is 5.96. The summed E-state index contributed by atoms with van der Waals surface area (Å²) in [5, 5.41) is 0. The molecule has 3 aromatic rings. The molecule has 0 fully saturated rings. The van der Waals surface area contributed by atoms with Gasteiger partial charge >= 0.3 is 5.97 Å². The molecule has 0 aliphatic carbocycles. The van der Waals surface area contributed by atoms with E-state index in [1.807, 2.05) is 37.3 Å². The van der Waals surface area contributed by atoms with Crippen LogP contribution in [0.1, 0.15) is 15.9 Å². The van der Waals surface area contributed by atoms with Crippen LogP contribution in [0.25, 0.3) is 11.1 Å². The average Bonchev–Trinajstić information content (AvgIpc) is 2.63. The SMILES string of the molecule is COc1c(C(=O)Oc2ccc(C)cc2)cccc1-c1cccnc1. The number of benzene rings is 2. The summed E-state index contributed by atoms with van der Waals surface area (Å²) in [6, 6.07) is 16.5. The molecule has 0 spiro atoms. The molecule has 2 aromatic carbocycles. The van der Waals surface area contributed by atoms with E-state index in [4.69, 9.17) is 9.47 Å². The molecule has 0 bridgehead atoms. The maximum atomic E-state index is 12.5. The summed E-state index contributed by atoms with van der Waals surface area (Å²) in [6.07, 6.45) is 3.43. The van der Waals surface area contributed by atoms with Gasteiger partial charge in [-0.3, -0.25) is 4.98 Å². The number of nitrogens with zero attached hydrogens (tertiary/aromatic N) is 1. The van der Waals surface area contributed by atoms with Crippen molar-refractivity contribution >= 4 is 5.97 Å². The fourth-order valence-corrected chi connectivity index (χ4v) is 2.44. The van der Waals surface area contributed by atoms with Crippen molar-refractivity contribution in [2.75, 3.05) is 7.11 Å². The maximum Gasteiger partial charge on any atom is 0.347 e. The van der Waals surface area contributed by atoms with Gasteiger partial charge in [-0.15, -0.1) is 0 Å². The third-order valence-electron chi connectivity index (χ3n) is 3.64. The number of aromatic nitrogens is 1. The molecular weight excluding hydrogens is 302 g/mol. The molecule has 0 aliphatic rings. The van der Waals surface area contributed by atoms with Crippen LogP contribution >= 0.6 is 0 Å². The zero-order chi connectivity index (χ0) is 16.9. The molecule has 0 saturated carbocycles. The van der Waals surface area contributed by atoms with Crippen molar-refractivity contribution in [3.63, 3.8) is 0 Å². The van der Waals surface area contributed by atoms with Gasteiger partial charge in [0.15, 0.2) is 0 Å². The van der Waals surface area contributed by atoms with Gasteiger partial charge in [-0.2, -0.15) is 0 Å². The van der Waals surface area contributed by atoms with Gasteiger partial charge in [-0.05, 0) is 31.2 Å². The van der Waals surface area contributed by atoms with E-state index in [1.165, 1.54) is 7.11 Å². The third-order valence-corrected chi connectivity index (χ3v) is 3.64. The number of pyridine rings is 1. The Kier molecular flexibility index (Phi) is 4.57. The van der Waals surface area contributed by atoms with Crippen LogP contribution in [0.5, 0.6) is 11.5 Å². The Morgan fingerprint density at radius 2 is 1.79 bits per heavy atom. The van der Waals surface area contributed by atoms with Gasteiger partial charge in [0.05, 0.1) is 7.11 Å². The fourth-order valence-electron chi connectivity index (χ4n) is 2.44. The lowest BCUT2D eigenvalue weighted by Gasteiger charge is -2.13. The lowest BCUT2D eigenvalue weighted by atomic mass is 10.0. The van der Waals surface area contributed by atoms with E-state index in [2.05, 4.69) is 4.98 Å². The summed E-state index contributed by atoms with van der Waals surface area (Å²) in [6.45, 7) is 1.98. The zero-order valence-electron chi connectivity index (χ0n) is 13.5. The number of ether oxygens (including phenoxy) is 2. The molecule has 0 N–H and O–H groups in total. The van der Waals surface area contributed by atoms with Crippen LogP contribution in [-0.2, 0) is 0 Å². The Hall–Kier alpha value is -3.14. The summed E-state index contributed by atoms with van der Waals surface area (Å²) < 4.78 is 10.9. The van der Waals surface area contributed by atoms with Gasteiger partial charge in [-0.25, -0.2) is 4.79 Å². The first-order valence-electron chi connectivity index (χ1n) is 7.55. The number of carbonyl (C=O) groups is 1. The normalized spacial score (nSPS) is 10.2. The molecule has 0 amide bonds. The van der Waals surface area contributed by atoms with E-state index in [-0.39, 0.29) is 0 Å². The topological polar surface area (TPSA) is 48.4 Å². The van der Waals surface area contributed by atoms with Gasteiger partial charge in [0, 0.05) is 23.5 Å². The Balaban J connectivity index is 1.95. The second-order valence-corrected chi connectivity index (χ2v) is 5.33. The van der Waals surface area contributed by atoms with Crippen molar-refractivity contribution < 1.29 is 14.3 Å². The van der Waals surface area contributed by atoms with Crippen LogP contribution in [0.2, 0.25) is 0 Å². The van der Waals surface area contributed by atoms with Gasteiger partial charge in [-0.1, -0.05) is 35.9 Å². The predicted octanol–water partition coefficient (Wildman–Crippen LogP) is 4.28. The molecule has 3 rings (SSSR count). The number of aryl methyl sites for hydroxylation is 1. The smallest absolute Gasteiger partial charge is 0.347 e. The quantitative estimate of drug-likeness (QED) is 0.532. The molecule has 0 atom stereocenters. The fraction of sp³-hybridized carbons (Fsp3) is 0.100.